The van der Waals surface area contributed by atoms with Gasteiger partial charge in [-0.2, -0.15) is 44.6 Å². The van der Waals surface area contributed by atoms with Gasteiger partial charge in [0.1, 0.15) is 37.4 Å². The van der Waals surface area contributed by atoms with Crippen LogP contribution >= 0.6 is 12.0 Å². The second kappa shape index (κ2) is 16.3. The van der Waals surface area contributed by atoms with Crippen LogP contribution in [0.1, 0.15) is 0 Å². The number of nitrogen functional groups attached to an aromatic ring is 2. The molecule has 0 atom stereocenters. The Morgan fingerprint density at radius 1 is 0.655 bits per heavy atom. The summed E-state index contributed by atoms with van der Waals surface area (Å²) in [6.45, 7) is 0. The van der Waals surface area contributed by atoms with Gasteiger partial charge in [0.2, 0.25) is 11.9 Å². The van der Waals surface area contributed by atoms with Crippen molar-refractivity contribution in [2.24, 2.45) is 20.5 Å². The van der Waals surface area contributed by atoms with E-state index in [9.17, 15) is 43.3 Å². The van der Waals surface area contributed by atoms with Gasteiger partial charge in [-0.15, -0.1) is 24.8 Å². The van der Waals surface area contributed by atoms with Crippen molar-refractivity contribution >= 4 is 99.8 Å². The maximum absolute atomic E-state index is 14.5. The maximum atomic E-state index is 14.5. The Labute approximate surface area is 312 Å². The lowest BCUT2D eigenvalue weighted by Crippen LogP contribution is -2.08. The normalized spacial score (nSPS) is 12.4. The van der Waals surface area contributed by atoms with Crippen molar-refractivity contribution in [3.63, 3.8) is 0 Å². The second-order valence-corrected chi connectivity index (χ2v) is 15.2. The highest BCUT2D eigenvalue weighted by Crippen LogP contribution is 2.44. The zero-order valence-electron chi connectivity index (χ0n) is 26.8. The lowest BCUT2D eigenvalue weighted by Gasteiger charge is -2.12. The van der Waals surface area contributed by atoms with Crippen LogP contribution in [0.15, 0.2) is 113 Å². The summed E-state index contributed by atoms with van der Waals surface area (Å²) in [5, 5.41) is 32.9. The Morgan fingerprint density at radius 2 is 1.24 bits per heavy atom. The summed E-state index contributed by atoms with van der Waals surface area (Å²) in [7, 11) is -14.6. The van der Waals surface area contributed by atoms with E-state index in [0.717, 1.165) is 24.3 Å². The van der Waals surface area contributed by atoms with Crippen LogP contribution < -0.4 is 22.1 Å². The predicted octanol–water partition coefficient (Wildman–Crippen LogP) is 5.66. The molecule has 0 radical (unpaired) electrons. The molecule has 0 bridgehead atoms. The molecule has 0 amide bonds. The van der Waals surface area contributed by atoms with Crippen molar-refractivity contribution in [1.29, 1.82) is 0 Å². The first-order valence-corrected chi connectivity index (χ1v) is 19.3. The fourth-order valence-corrected chi connectivity index (χ4v) is 6.66. The number of anilines is 6. The highest BCUT2D eigenvalue weighted by Gasteiger charge is 2.23. The van der Waals surface area contributed by atoms with E-state index in [-0.39, 0.29) is 27.6 Å². The number of azo groups is 2. The molecule has 0 aliphatic rings. The third kappa shape index (κ3) is 10.0. The second-order valence-electron chi connectivity index (χ2n) is 10.3. The Kier molecular flexibility index (Phi) is 11.9. The lowest BCUT2D eigenvalue weighted by molar-refractivity contribution is -0.432. The van der Waals surface area contributed by atoms with Gasteiger partial charge in [-0.25, -0.2) is 5.26 Å². The van der Waals surface area contributed by atoms with Crippen LogP contribution in [0, 0.1) is 6.08 Å². The molecule has 28 heteroatoms. The minimum absolute atomic E-state index is 0.0548. The number of benzene rings is 4. The van der Waals surface area contributed by atoms with E-state index in [4.69, 9.17) is 16.7 Å². The lowest BCUT2D eigenvalue weighted by atomic mass is 10.2. The van der Waals surface area contributed by atoms with Crippen molar-refractivity contribution in [3.8, 4) is 0 Å². The molecule has 288 valence electrons. The summed E-state index contributed by atoms with van der Waals surface area (Å²) >= 11 is 0.399. The third-order valence-electron chi connectivity index (χ3n) is 6.65. The average Bonchev–Trinajstić information content (AvgIpc) is 3.09. The summed E-state index contributed by atoms with van der Waals surface area (Å²) in [4.78, 5) is 8.90. The molecule has 5 rings (SSSR count). The third-order valence-corrected chi connectivity index (χ3v) is 10.0. The van der Waals surface area contributed by atoms with E-state index >= 15 is 0 Å². The van der Waals surface area contributed by atoms with Crippen LogP contribution in [0.5, 0.6) is 0 Å². The quantitative estimate of drug-likeness (QED) is 0.0167. The number of para-hydroxylation sites is 1. The van der Waals surface area contributed by atoms with E-state index in [1.165, 1.54) is 48.5 Å². The molecule has 1 aromatic heterocycles. The molecule has 4 aromatic carbocycles. The molecule has 1 heterocycles. The van der Waals surface area contributed by atoms with E-state index in [1.807, 2.05) is 0 Å². The summed E-state index contributed by atoms with van der Waals surface area (Å²) in [6, 6.07) is 14.5. The molecule has 10 N–H and O–H groups in total. The van der Waals surface area contributed by atoms with Crippen LogP contribution in [0.4, 0.5) is 61.8 Å². The number of halogens is 1. The van der Waals surface area contributed by atoms with Gasteiger partial charge >= 0.3 is 6.08 Å². The van der Waals surface area contributed by atoms with Crippen LogP contribution in [-0.2, 0) is 39.7 Å². The van der Waals surface area contributed by atoms with Crippen molar-refractivity contribution in [1.82, 2.24) is 15.0 Å². The number of hydrogen-bond donors (Lipinski definition) is 8. The zero-order valence-corrected chi connectivity index (χ0v) is 30.0. The van der Waals surface area contributed by atoms with Crippen molar-refractivity contribution in [3.05, 3.63) is 78.9 Å². The fourth-order valence-electron chi connectivity index (χ4n) is 4.34. The molecule has 0 aliphatic carbocycles. The molecule has 0 saturated heterocycles. The molecule has 0 aliphatic heterocycles. The molecule has 0 spiro atoms. The summed E-state index contributed by atoms with van der Waals surface area (Å²) in [6.07, 6.45) is -1.32. The minimum Gasteiger partial charge on any atom is -0.396 e. The molecule has 5 aromatic rings. The van der Waals surface area contributed by atoms with E-state index in [1.54, 1.807) is 0 Å². The van der Waals surface area contributed by atoms with Crippen LogP contribution in [0.3, 0.4) is 0 Å². The van der Waals surface area contributed by atoms with Crippen LogP contribution in [0.25, 0.3) is 0 Å². The standard InChI is InChI=1S/C27H22FN11O12S4/c28-25-33-26(35-27(34-25)32-14-5-1-3-7-19(14)53(41,42)43)31-13-9-10-18(52-51-50-40)16(11-13)37-39-24-22(29)17(12-21(23(24)30)55(47,48)49)38-36-15-6-2-4-8-20(15)54(44,45)46/h1-12,40H,29-30H2,(H,41,42,43)(H,44,45,46)(H,47,48,49)(H2,31,32,33,34,35). The first-order chi connectivity index (χ1) is 25.8. The number of nitrogens with one attached hydrogen (secondary N) is 2. The summed E-state index contributed by atoms with van der Waals surface area (Å²) < 4.78 is 119. The van der Waals surface area contributed by atoms with Gasteiger partial charge in [0.25, 0.3) is 30.4 Å². The zero-order chi connectivity index (χ0) is 40.1. The fraction of sp³-hybridized carbons (Fsp3) is 0. The van der Waals surface area contributed by atoms with Gasteiger partial charge in [0.05, 0.1) is 34.0 Å². The molecule has 0 unspecified atom stereocenters. The molecular weight excluding hydrogens is 818 g/mol. The minimum atomic E-state index is -5.09. The van der Waals surface area contributed by atoms with Crippen molar-refractivity contribution < 1.29 is 57.9 Å². The number of rotatable bonds is 14. The molecule has 0 saturated carbocycles. The van der Waals surface area contributed by atoms with Crippen LogP contribution in [-0.4, -0.2) is 59.1 Å². The summed E-state index contributed by atoms with van der Waals surface area (Å²) in [5.74, 6) is -0.914. The smallest absolute Gasteiger partial charge is 0.315 e. The predicted molar refractivity (Wildman–Crippen MR) is 189 cm³/mol. The molecule has 23 nitrogen and oxygen atoms in total. The van der Waals surface area contributed by atoms with E-state index < -0.39 is 85.8 Å². The molecule has 55 heavy (non-hydrogen) atoms. The van der Waals surface area contributed by atoms with Gasteiger partial charge in [-0.05, 0) is 48.5 Å². The van der Waals surface area contributed by atoms with Gasteiger partial charge in [0.15, 0.2) is 0 Å². The monoisotopic (exact) mass is 839 g/mol. The van der Waals surface area contributed by atoms with Crippen molar-refractivity contribution in [2.75, 3.05) is 22.1 Å². The Balaban J connectivity index is 1.54. The molecule has 0 fully saturated rings. The topological polar surface area (TPSA) is 366 Å². The first kappa shape index (κ1) is 40.4. The molecular formula is C27H22FN11O12S4. The highest BCUT2D eigenvalue weighted by molar-refractivity contribution is 7.94. The Hall–Kier alpha value is -5.82. The average molecular weight is 840 g/mol. The number of nitrogens with zero attached hydrogens (tertiary/aromatic N) is 7. The highest BCUT2D eigenvalue weighted by atomic mass is 32.2. The van der Waals surface area contributed by atoms with Crippen LogP contribution in [0.2, 0.25) is 0 Å². The van der Waals surface area contributed by atoms with Gasteiger partial charge in [0, 0.05) is 5.69 Å². The number of aromatic nitrogens is 3. The van der Waals surface area contributed by atoms with Gasteiger partial charge in [-0.3, -0.25) is 13.7 Å². The van der Waals surface area contributed by atoms with Gasteiger partial charge < -0.3 is 22.1 Å². The largest absolute Gasteiger partial charge is 0.396 e. The van der Waals surface area contributed by atoms with E-state index in [2.05, 4.69) is 55.4 Å². The Morgan fingerprint density at radius 3 is 1.89 bits per heavy atom. The first-order valence-electron chi connectivity index (χ1n) is 14.3. The number of nitrogens with two attached hydrogens (primary N) is 2. The maximum Gasteiger partial charge on any atom is 0.315 e. The van der Waals surface area contributed by atoms with E-state index in [0.29, 0.717) is 12.0 Å². The SMILES string of the molecule is Nc1c(N=Nc2ccccc2S(=O)(=O)O)cc(S(=O)(=O)O)c(N)c1N=Nc1cc(Nc2nc(F)nc(Nc3ccccc3S(=O)(=O)O)n2)ccc1SOOO. The van der Waals surface area contributed by atoms with Gasteiger partial charge in [-0.1, -0.05) is 29.3 Å². The Bertz CT molecular complexity index is 2690. The van der Waals surface area contributed by atoms with Crippen molar-refractivity contribution in [2.45, 2.75) is 19.6 Å². The summed E-state index contributed by atoms with van der Waals surface area (Å²) in [5.41, 5.74) is 9.24. The number of hydrogen-bond acceptors (Lipinski definition) is 21.